The maximum absolute atomic E-state index is 11.1. The molecule has 1 N–H and O–H groups in total. The first-order valence-electron chi connectivity index (χ1n) is 5.29. The van der Waals surface area contributed by atoms with Crippen LogP contribution in [0.5, 0.6) is 0 Å². The van der Waals surface area contributed by atoms with Crippen LogP contribution in [0, 0.1) is 13.8 Å². The summed E-state index contributed by atoms with van der Waals surface area (Å²) in [7, 11) is 1.53. The van der Waals surface area contributed by atoms with Crippen molar-refractivity contribution in [2.75, 3.05) is 7.11 Å². The average molecular weight is 234 g/mol. The van der Waals surface area contributed by atoms with Crippen LogP contribution in [0.25, 0.3) is 11.0 Å². The molecule has 1 aromatic heterocycles. The monoisotopic (exact) mass is 234 g/mol. The number of methoxy groups -OCH3 is 1. The molecule has 90 valence electrons. The van der Waals surface area contributed by atoms with Crippen molar-refractivity contribution in [3.8, 4) is 0 Å². The molecule has 0 bridgehead atoms. The number of aryl methyl sites for hydroxylation is 2. The standard InChI is InChI=1S/C13H14O4/c1-7-4-9-10(6-16-3)12(13(14)15)17-11(9)5-8(7)2/h4-5H,6H2,1-3H3,(H,14,15). The van der Waals surface area contributed by atoms with Gasteiger partial charge in [0.2, 0.25) is 5.76 Å². The average Bonchev–Trinajstić information content (AvgIpc) is 2.59. The normalized spacial score (nSPS) is 11.0. The molecule has 0 spiro atoms. The van der Waals surface area contributed by atoms with Crippen LogP contribution in [-0.4, -0.2) is 18.2 Å². The van der Waals surface area contributed by atoms with Gasteiger partial charge in [0.15, 0.2) is 0 Å². The smallest absolute Gasteiger partial charge is 0.372 e. The quantitative estimate of drug-likeness (QED) is 0.887. The van der Waals surface area contributed by atoms with Gasteiger partial charge in [0, 0.05) is 18.1 Å². The molecule has 0 aliphatic carbocycles. The maximum Gasteiger partial charge on any atom is 0.372 e. The van der Waals surface area contributed by atoms with Crippen molar-refractivity contribution < 1.29 is 19.1 Å². The Labute approximate surface area is 98.8 Å². The number of carboxylic acid groups (broad SMARTS) is 1. The number of aromatic carboxylic acids is 1. The molecule has 1 aromatic carbocycles. The molecule has 2 rings (SSSR count). The van der Waals surface area contributed by atoms with Crippen LogP contribution in [0.3, 0.4) is 0 Å². The van der Waals surface area contributed by atoms with E-state index < -0.39 is 5.97 Å². The molecule has 1 heterocycles. The minimum Gasteiger partial charge on any atom is -0.475 e. The molecular formula is C13H14O4. The summed E-state index contributed by atoms with van der Waals surface area (Å²) in [5, 5.41) is 9.89. The van der Waals surface area contributed by atoms with Gasteiger partial charge in [0.05, 0.1) is 6.61 Å². The first kappa shape index (κ1) is 11.7. The predicted octanol–water partition coefficient (Wildman–Crippen LogP) is 2.89. The van der Waals surface area contributed by atoms with Crippen LogP contribution in [0.4, 0.5) is 0 Å². The van der Waals surface area contributed by atoms with Gasteiger partial charge in [0.1, 0.15) is 5.58 Å². The lowest BCUT2D eigenvalue weighted by Gasteiger charge is -2.00. The molecule has 0 radical (unpaired) electrons. The minimum absolute atomic E-state index is 0.0353. The lowest BCUT2D eigenvalue weighted by molar-refractivity contribution is 0.0658. The number of furan rings is 1. The van der Waals surface area contributed by atoms with Gasteiger partial charge in [-0.2, -0.15) is 0 Å². The van der Waals surface area contributed by atoms with Gasteiger partial charge in [-0.25, -0.2) is 4.79 Å². The highest BCUT2D eigenvalue weighted by molar-refractivity contribution is 5.95. The van der Waals surface area contributed by atoms with E-state index >= 15 is 0 Å². The number of hydrogen-bond acceptors (Lipinski definition) is 3. The van der Waals surface area contributed by atoms with Crippen LogP contribution >= 0.6 is 0 Å². The number of hydrogen-bond donors (Lipinski definition) is 1. The minimum atomic E-state index is -1.07. The number of rotatable bonds is 3. The van der Waals surface area contributed by atoms with E-state index in [1.807, 2.05) is 26.0 Å². The Morgan fingerprint density at radius 1 is 1.35 bits per heavy atom. The van der Waals surface area contributed by atoms with Gasteiger partial charge >= 0.3 is 5.97 Å². The zero-order chi connectivity index (χ0) is 12.6. The highest BCUT2D eigenvalue weighted by atomic mass is 16.5. The van der Waals surface area contributed by atoms with Gasteiger partial charge < -0.3 is 14.3 Å². The SMILES string of the molecule is COCc1c(C(=O)O)oc2cc(C)c(C)cc12. The number of fused-ring (bicyclic) bond motifs is 1. The molecule has 0 atom stereocenters. The summed E-state index contributed by atoms with van der Waals surface area (Å²) in [4.78, 5) is 11.1. The van der Waals surface area contributed by atoms with Crippen molar-refractivity contribution in [3.63, 3.8) is 0 Å². The number of carboxylic acids is 1. The van der Waals surface area contributed by atoms with Crippen molar-refractivity contribution in [2.45, 2.75) is 20.5 Å². The summed E-state index contributed by atoms with van der Waals surface area (Å²) in [6, 6.07) is 3.80. The van der Waals surface area contributed by atoms with E-state index in [2.05, 4.69) is 0 Å². The fourth-order valence-electron chi connectivity index (χ4n) is 1.86. The predicted molar refractivity (Wildman–Crippen MR) is 63.4 cm³/mol. The van der Waals surface area contributed by atoms with Gasteiger partial charge in [-0.15, -0.1) is 0 Å². The Morgan fingerprint density at radius 3 is 2.59 bits per heavy atom. The Balaban J connectivity index is 2.75. The number of ether oxygens (including phenoxy) is 1. The summed E-state index contributed by atoms with van der Waals surface area (Å²) >= 11 is 0. The van der Waals surface area contributed by atoms with Crippen molar-refractivity contribution in [1.29, 1.82) is 0 Å². The summed E-state index contributed by atoms with van der Waals surface area (Å²) in [6.45, 7) is 4.18. The van der Waals surface area contributed by atoms with Gasteiger partial charge in [-0.1, -0.05) is 0 Å². The van der Waals surface area contributed by atoms with Crippen LogP contribution in [0.15, 0.2) is 16.5 Å². The lowest BCUT2D eigenvalue weighted by atomic mass is 10.0. The van der Waals surface area contributed by atoms with Crippen molar-refractivity contribution in [1.82, 2.24) is 0 Å². The molecule has 0 saturated carbocycles. The van der Waals surface area contributed by atoms with Crippen molar-refractivity contribution in [3.05, 3.63) is 34.6 Å². The second-order valence-electron chi connectivity index (χ2n) is 4.08. The second-order valence-corrected chi connectivity index (χ2v) is 4.08. The molecule has 0 aliphatic rings. The molecule has 17 heavy (non-hydrogen) atoms. The summed E-state index contributed by atoms with van der Waals surface area (Å²) in [5.74, 6) is -1.10. The third-order valence-electron chi connectivity index (χ3n) is 2.89. The number of benzene rings is 1. The highest BCUT2D eigenvalue weighted by Crippen LogP contribution is 2.29. The first-order valence-corrected chi connectivity index (χ1v) is 5.29. The Hall–Kier alpha value is -1.81. The molecule has 0 saturated heterocycles. The topological polar surface area (TPSA) is 59.7 Å². The van der Waals surface area contributed by atoms with Crippen LogP contribution in [-0.2, 0) is 11.3 Å². The summed E-state index contributed by atoms with van der Waals surface area (Å²) < 4.78 is 10.4. The Morgan fingerprint density at radius 2 is 2.00 bits per heavy atom. The van der Waals surface area contributed by atoms with Crippen molar-refractivity contribution >= 4 is 16.9 Å². The fourth-order valence-corrected chi connectivity index (χ4v) is 1.86. The second kappa shape index (κ2) is 4.22. The van der Waals surface area contributed by atoms with E-state index in [-0.39, 0.29) is 12.4 Å². The van der Waals surface area contributed by atoms with Gasteiger partial charge in [-0.05, 0) is 37.1 Å². The van der Waals surface area contributed by atoms with E-state index in [1.165, 1.54) is 7.11 Å². The molecular weight excluding hydrogens is 220 g/mol. The largest absolute Gasteiger partial charge is 0.475 e. The maximum atomic E-state index is 11.1. The zero-order valence-corrected chi connectivity index (χ0v) is 10.0. The molecule has 0 amide bonds. The van der Waals surface area contributed by atoms with Gasteiger partial charge in [0.25, 0.3) is 0 Å². The van der Waals surface area contributed by atoms with E-state index in [4.69, 9.17) is 14.3 Å². The molecule has 4 nitrogen and oxygen atoms in total. The molecule has 2 aromatic rings. The fraction of sp³-hybridized carbons (Fsp3) is 0.308. The van der Waals surface area contributed by atoms with Gasteiger partial charge in [-0.3, -0.25) is 0 Å². The summed E-state index contributed by atoms with van der Waals surface area (Å²) in [5.41, 5.74) is 3.37. The summed E-state index contributed by atoms with van der Waals surface area (Å²) in [6.07, 6.45) is 0. The number of carbonyl (C=O) groups is 1. The lowest BCUT2D eigenvalue weighted by Crippen LogP contribution is -1.99. The van der Waals surface area contributed by atoms with Crippen LogP contribution < -0.4 is 0 Å². The highest BCUT2D eigenvalue weighted by Gasteiger charge is 2.20. The van der Waals surface area contributed by atoms with E-state index in [0.717, 1.165) is 16.5 Å². The third kappa shape index (κ3) is 1.91. The molecule has 0 fully saturated rings. The van der Waals surface area contributed by atoms with Crippen molar-refractivity contribution in [2.24, 2.45) is 0 Å². The first-order chi connectivity index (χ1) is 8.04. The molecule has 0 unspecified atom stereocenters. The van der Waals surface area contributed by atoms with E-state index in [0.29, 0.717) is 11.1 Å². The Kier molecular flexibility index (Phi) is 2.90. The van der Waals surface area contributed by atoms with Crippen LogP contribution in [0.1, 0.15) is 27.2 Å². The van der Waals surface area contributed by atoms with E-state index in [1.54, 1.807) is 0 Å². The van der Waals surface area contributed by atoms with E-state index in [9.17, 15) is 4.79 Å². The Bertz CT molecular complexity index is 581. The third-order valence-corrected chi connectivity index (χ3v) is 2.89. The molecule has 0 aliphatic heterocycles. The zero-order valence-electron chi connectivity index (χ0n) is 10.0. The van der Waals surface area contributed by atoms with Crippen LogP contribution in [0.2, 0.25) is 0 Å². The molecule has 4 heteroatoms.